The fourth-order valence-corrected chi connectivity index (χ4v) is 3.75. The molecule has 1 unspecified atom stereocenters. The van der Waals surface area contributed by atoms with Crippen LogP contribution in [0.25, 0.3) is 5.52 Å². The van der Waals surface area contributed by atoms with Gasteiger partial charge in [-0.3, -0.25) is 4.40 Å². The highest BCUT2D eigenvalue weighted by Crippen LogP contribution is 2.34. The van der Waals surface area contributed by atoms with Crippen LogP contribution in [0, 0.1) is 6.92 Å². The Labute approximate surface area is 104 Å². The van der Waals surface area contributed by atoms with Gasteiger partial charge in [-0.2, -0.15) is 11.8 Å². The summed E-state index contributed by atoms with van der Waals surface area (Å²) in [7, 11) is 0. The minimum absolute atomic E-state index is 0.561. The Morgan fingerprint density at radius 2 is 2.38 bits per heavy atom. The number of thioether (sulfide) groups is 1. The van der Waals surface area contributed by atoms with Crippen LogP contribution >= 0.6 is 23.4 Å². The van der Waals surface area contributed by atoms with Crippen LogP contribution in [-0.2, 0) is 0 Å². The Balaban J connectivity index is 2.24. The molecule has 0 bridgehead atoms. The number of nitrogens with zero attached hydrogens (tertiary/aromatic N) is 2. The summed E-state index contributed by atoms with van der Waals surface area (Å²) in [6.45, 7) is 2.11. The van der Waals surface area contributed by atoms with Crippen LogP contribution in [0.1, 0.15) is 23.9 Å². The highest BCUT2D eigenvalue weighted by Gasteiger charge is 2.23. The quantitative estimate of drug-likeness (QED) is 0.773. The highest BCUT2D eigenvalue weighted by atomic mass is 35.5. The van der Waals surface area contributed by atoms with Crippen LogP contribution in [-0.4, -0.2) is 20.9 Å². The number of halogens is 1. The van der Waals surface area contributed by atoms with Gasteiger partial charge in [-0.15, -0.1) is 0 Å². The summed E-state index contributed by atoms with van der Waals surface area (Å²) in [5, 5.41) is 0.635. The maximum absolute atomic E-state index is 6.19. The number of aryl methyl sites for hydroxylation is 1. The van der Waals surface area contributed by atoms with Gasteiger partial charge in [0.2, 0.25) is 0 Å². The second-order valence-electron chi connectivity index (χ2n) is 4.21. The van der Waals surface area contributed by atoms with E-state index in [1.54, 1.807) is 0 Å². The topological polar surface area (TPSA) is 17.3 Å². The van der Waals surface area contributed by atoms with Gasteiger partial charge in [0.1, 0.15) is 5.82 Å². The summed E-state index contributed by atoms with van der Waals surface area (Å²) in [4.78, 5) is 4.55. The zero-order valence-electron chi connectivity index (χ0n) is 9.11. The lowest BCUT2D eigenvalue weighted by molar-refractivity contribution is 0.708. The van der Waals surface area contributed by atoms with Crippen molar-refractivity contribution >= 4 is 28.9 Å². The third-order valence-corrected chi connectivity index (χ3v) is 4.57. The molecule has 0 aliphatic carbocycles. The first-order valence-corrected chi connectivity index (χ1v) is 7.02. The molecule has 0 spiro atoms. The second-order valence-corrected chi connectivity index (χ2v) is 5.72. The molecule has 0 radical (unpaired) electrons. The van der Waals surface area contributed by atoms with Crippen molar-refractivity contribution in [1.82, 2.24) is 9.38 Å². The van der Waals surface area contributed by atoms with Gasteiger partial charge in [-0.1, -0.05) is 17.7 Å². The molecular weight excluding hydrogens is 240 g/mol. The SMILES string of the molecule is Cc1cccc2c(Cl)nc(C3CCSC3)n12. The van der Waals surface area contributed by atoms with Gasteiger partial charge < -0.3 is 0 Å². The van der Waals surface area contributed by atoms with Gasteiger partial charge in [0.05, 0.1) is 5.52 Å². The normalized spacial score (nSPS) is 20.8. The van der Waals surface area contributed by atoms with E-state index in [4.69, 9.17) is 11.6 Å². The van der Waals surface area contributed by atoms with Gasteiger partial charge in [-0.05, 0) is 31.2 Å². The summed E-state index contributed by atoms with van der Waals surface area (Å²) in [6, 6.07) is 6.18. The predicted octanol–water partition coefficient (Wildman–Crippen LogP) is 3.52. The molecule has 1 atom stereocenters. The van der Waals surface area contributed by atoms with Crippen LogP contribution in [0.4, 0.5) is 0 Å². The van der Waals surface area contributed by atoms with Crippen molar-refractivity contribution in [3.63, 3.8) is 0 Å². The van der Waals surface area contributed by atoms with Crippen LogP contribution in [0.15, 0.2) is 18.2 Å². The summed E-state index contributed by atoms with van der Waals surface area (Å²) >= 11 is 8.19. The average Bonchev–Trinajstić information content (AvgIpc) is 2.87. The highest BCUT2D eigenvalue weighted by molar-refractivity contribution is 7.99. The van der Waals surface area contributed by atoms with E-state index in [2.05, 4.69) is 22.4 Å². The second kappa shape index (κ2) is 3.97. The van der Waals surface area contributed by atoms with E-state index in [9.17, 15) is 0 Å². The van der Waals surface area contributed by atoms with Crippen molar-refractivity contribution in [2.24, 2.45) is 0 Å². The summed E-state index contributed by atoms with van der Waals surface area (Å²) in [6.07, 6.45) is 1.22. The zero-order valence-corrected chi connectivity index (χ0v) is 10.7. The molecule has 1 aliphatic rings. The van der Waals surface area contributed by atoms with Crippen molar-refractivity contribution in [2.45, 2.75) is 19.3 Å². The van der Waals surface area contributed by atoms with Crippen LogP contribution < -0.4 is 0 Å². The monoisotopic (exact) mass is 252 g/mol. The number of hydrogen-bond acceptors (Lipinski definition) is 2. The predicted molar refractivity (Wildman–Crippen MR) is 69.6 cm³/mol. The third kappa shape index (κ3) is 1.54. The molecule has 0 aromatic carbocycles. The standard InChI is InChI=1S/C12H13ClN2S/c1-8-3-2-4-10-11(13)14-12(15(8)10)9-5-6-16-7-9/h2-4,9H,5-7H2,1H3. The first-order valence-electron chi connectivity index (χ1n) is 5.48. The molecule has 1 fully saturated rings. The van der Waals surface area contributed by atoms with Gasteiger partial charge >= 0.3 is 0 Å². The summed E-state index contributed by atoms with van der Waals surface area (Å²) < 4.78 is 2.21. The Morgan fingerprint density at radius 3 is 3.12 bits per heavy atom. The smallest absolute Gasteiger partial charge is 0.155 e. The minimum Gasteiger partial charge on any atom is -0.299 e. The Kier molecular flexibility index (Phi) is 2.60. The average molecular weight is 253 g/mol. The van der Waals surface area contributed by atoms with Crippen molar-refractivity contribution in [3.05, 3.63) is 34.9 Å². The number of hydrogen-bond donors (Lipinski definition) is 0. The number of pyridine rings is 1. The molecule has 0 amide bonds. The molecule has 2 aromatic heterocycles. The molecule has 3 rings (SSSR count). The van der Waals surface area contributed by atoms with Crippen molar-refractivity contribution in [1.29, 1.82) is 0 Å². The Hall–Kier alpha value is -0.670. The first-order chi connectivity index (χ1) is 7.77. The largest absolute Gasteiger partial charge is 0.299 e. The van der Waals surface area contributed by atoms with Crippen LogP contribution in [0.5, 0.6) is 0 Å². The van der Waals surface area contributed by atoms with Gasteiger partial charge in [-0.25, -0.2) is 4.98 Å². The van der Waals surface area contributed by atoms with Gasteiger partial charge in [0.25, 0.3) is 0 Å². The molecule has 1 saturated heterocycles. The maximum Gasteiger partial charge on any atom is 0.155 e. The number of imidazole rings is 1. The third-order valence-electron chi connectivity index (χ3n) is 3.13. The van der Waals surface area contributed by atoms with Crippen molar-refractivity contribution in [2.75, 3.05) is 11.5 Å². The molecule has 3 heterocycles. The fourth-order valence-electron chi connectivity index (χ4n) is 2.30. The molecule has 84 valence electrons. The minimum atomic E-state index is 0.561. The lowest BCUT2D eigenvalue weighted by Gasteiger charge is -2.09. The number of rotatable bonds is 1. The summed E-state index contributed by atoms with van der Waals surface area (Å²) in [5.41, 5.74) is 2.25. The van der Waals surface area contributed by atoms with E-state index in [0.717, 1.165) is 11.3 Å². The molecule has 1 aliphatic heterocycles. The molecular formula is C12H13ClN2S. The van der Waals surface area contributed by atoms with E-state index in [1.807, 2.05) is 23.9 Å². The van der Waals surface area contributed by atoms with Gasteiger partial charge in [0, 0.05) is 17.4 Å². The molecule has 0 saturated carbocycles. The molecule has 2 nitrogen and oxygen atoms in total. The van der Waals surface area contributed by atoms with Crippen LogP contribution in [0.2, 0.25) is 5.15 Å². The zero-order chi connectivity index (χ0) is 11.1. The number of aromatic nitrogens is 2. The molecule has 16 heavy (non-hydrogen) atoms. The first kappa shape index (κ1) is 10.5. The van der Waals surface area contributed by atoms with E-state index in [0.29, 0.717) is 11.1 Å². The Bertz CT molecular complexity index is 529. The lowest BCUT2D eigenvalue weighted by atomic mass is 10.1. The van der Waals surface area contributed by atoms with E-state index < -0.39 is 0 Å². The summed E-state index contributed by atoms with van der Waals surface area (Å²) in [5.74, 6) is 4.11. The van der Waals surface area contributed by atoms with Gasteiger partial charge in [0.15, 0.2) is 5.15 Å². The lowest BCUT2D eigenvalue weighted by Crippen LogP contribution is -2.04. The van der Waals surface area contributed by atoms with E-state index in [1.165, 1.54) is 23.6 Å². The van der Waals surface area contributed by atoms with E-state index in [-0.39, 0.29) is 0 Å². The van der Waals surface area contributed by atoms with Crippen molar-refractivity contribution in [3.8, 4) is 0 Å². The van der Waals surface area contributed by atoms with Crippen LogP contribution in [0.3, 0.4) is 0 Å². The molecule has 4 heteroatoms. The maximum atomic E-state index is 6.19. The van der Waals surface area contributed by atoms with Crippen molar-refractivity contribution < 1.29 is 0 Å². The Morgan fingerprint density at radius 1 is 1.50 bits per heavy atom. The fraction of sp³-hybridized carbons (Fsp3) is 0.417. The molecule has 0 N–H and O–H groups in total. The van der Waals surface area contributed by atoms with E-state index >= 15 is 0 Å². The molecule has 2 aromatic rings. The number of fused-ring (bicyclic) bond motifs is 1.